The van der Waals surface area contributed by atoms with Crippen molar-refractivity contribution in [3.05, 3.63) is 0 Å². The number of likely N-dealkylation sites (N-methyl/N-ethyl adjacent to an activating group) is 1. The van der Waals surface area contributed by atoms with E-state index in [1.54, 1.807) is 6.92 Å². The summed E-state index contributed by atoms with van der Waals surface area (Å²) in [5.41, 5.74) is 5.05. The Bertz CT molecular complexity index is 683. The lowest BCUT2D eigenvalue weighted by molar-refractivity contribution is -0.129. The Hall–Kier alpha value is -3.75. The van der Waals surface area contributed by atoms with Gasteiger partial charge in [-0.3, -0.25) is 33.6 Å². The van der Waals surface area contributed by atoms with Crippen molar-refractivity contribution in [3.8, 4) is 0 Å². The molecule has 7 amide bonds. The van der Waals surface area contributed by atoms with Crippen LogP contribution in [0.3, 0.4) is 0 Å². The smallest absolute Gasteiger partial charge is 0.239 e. The molecular weight excluding hydrogens is 416 g/mol. The zero-order valence-corrected chi connectivity index (χ0v) is 17.1. The third-order valence-corrected chi connectivity index (χ3v) is 3.24. The summed E-state index contributed by atoms with van der Waals surface area (Å²) in [6.45, 7) is -0.362. The fourth-order valence-electron chi connectivity index (χ4n) is 1.72. The van der Waals surface area contributed by atoms with Crippen molar-refractivity contribution in [3.63, 3.8) is 0 Å². The predicted molar refractivity (Wildman–Crippen MR) is 106 cm³/mol. The number of amides is 7. The Kier molecular flexibility index (Phi) is 14.1. The molecule has 0 unspecified atom stereocenters. The van der Waals surface area contributed by atoms with Crippen LogP contribution in [0.25, 0.3) is 0 Å². The molecule has 0 aliphatic heterocycles. The minimum absolute atomic E-state index is 0.220. The third-order valence-electron chi connectivity index (χ3n) is 3.24. The molecule has 174 valence electrons. The van der Waals surface area contributed by atoms with Gasteiger partial charge in [-0.25, -0.2) is 0 Å². The van der Waals surface area contributed by atoms with Crippen molar-refractivity contribution in [1.29, 1.82) is 0 Å². The SMILES string of the molecule is CCNC(=O)CNC(=O)CNC(=O)CNC(=O)CNC(=O)CNC(=O)CNC(=O)CN. The second-order valence-electron chi connectivity index (χ2n) is 5.82. The Labute approximate surface area is 178 Å². The summed E-state index contributed by atoms with van der Waals surface area (Å²) >= 11 is 0. The van der Waals surface area contributed by atoms with E-state index in [1.807, 2.05) is 0 Å². The molecule has 0 aromatic heterocycles. The minimum atomic E-state index is -0.675. The van der Waals surface area contributed by atoms with E-state index >= 15 is 0 Å². The van der Waals surface area contributed by atoms with Crippen molar-refractivity contribution in [2.45, 2.75) is 6.92 Å². The molecule has 0 bridgehead atoms. The lowest BCUT2D eigenvalue weighted by Crippen LogP contribution is -2.47. The van der Waals surface area contributed by atoms with Crippen LogP contribution in [0.2, 0.25) is 0 Å². The van der Waals surface area contributed by atoms with Gasteiger partial charge in [-0.1, -0.05) is 0 Å². The molecule has 0 saturated carbocycles. The van der Waals surface area contributed by atoms with E-state index in [9.17, 15) is 33.6 Å². The molecule has 15 heteroatoms. The van der Waals surface area contributed by atoms with Crippen LogP contribution in [0.15, 0.2) is 0 Å². The van der Waals surface area contributed by atoms with Crippen molar-refractivity contribution in [2.24, 2.45) is 5.73 Å². The van der Waals surface area contributed by atoms with Gasteiger partial charge in [0.1, 0.15) is 0 Å². The predicted octanol–water partition coefficient (Wildman–Crippen LogP) is -6.22. The average molecular weight is 444 g/mol. The number of nitrogens with one attached hydrogen (secondary N) is 7. The van der Waals surface area contributed by atoms with E-state index in [0.717, 1.165) is 0 Å². The van der Waals surface area contributed by atoms with E-state index in [2.05, 4.69) is 37.2 Å². The Morgan fingerprint density at radius 2 is 0.677 bits per heavy atom. The van der Waals surface area contributed by atoms with Gasteiger partial charge in [0.05, 0.1) is 45.8 Å². The Morgan fingerprint density at radius 3 is 0.903 bits per heavy atom. The van der Waals surface area contributed by atoms with Gasteiger partial charge in [0, 0.05) is 6.54 Å². The lowest BCUT2D eigenvalue weighted by Gasteiger charge is -2.09. The molecule has 0 aromatic rings. The third kappa shape index (κ3) is 15.8. The van der Waals surface area contributed by atoms with Crippen molar-refractivity contribution < 1.29 is 33.6 Å². The van der Waals surface area contributed by atoms with Crippen molar-refractivity contribution >= 4 is 41.4 Å². The highest BCUT2D eigenvalue weighted by atomic mass is 16.2. The molecule has 0 fully saturated rings. The summed E-state index contributed by atoms with van der Waals surface area (Å²) in [4.78, 5) is 79.7. The van der Waals surface area contributed by atoms with E-state index < -0.39 is 55.1 Å². The maximum Gasteiger partial charge on any atom is 0.239 e. The standard InChI is InChI=1S/C16H28N8O7/c1-2-18-11(26)4-20-13(28)6-22-15(30)8-24-16(31)9-23-14(29)7-21-12(27)5-19-10(25)3-17/h2-9,17H2,1H3,(H,18,26)(H,19,25)(H,20,28)(H,21,27)(H,22,30)(H,23,29)(H,24,31). The fraction of sp³-hybridized carbons (Fsp3) is 0.562. The van der Waals surface area contributed by atoms with Gasteiger partial charge in [0.25, 0.3) is 0 Å². The molecular formula is C16H28N8O7. The van der Waals surface area contributed by atoms with Gasteiger partial charge in [0.15, 0.2) is 0 Å². The topological polar surface area (TPSA) is 230 Å². The molecule has 0 heterocycles. The van der Waals surface area contributed by atoms with Gasteiger partial charge < -0.3 is 43.0 Å². The van der Waals surface area contributed by atoms with Crippen LogP contribution in [0.1, 0.15) is 6.92 Å². The molecule has 0 radical (unpaired) electrons. The number of hydrogen-bond donors (Lipinski definition) is 8. The second kappa shape index (κ2) is 16.1. The number of carbonyl (C=O) groups is 7. The van der Waals surface area contributed by atoms with Crippen LogP contribution in [0.5, 0.6) is 0 Å². The maximum absolute atomic E-state index is 11.6. The molecule has 0 aliphatic rings. The lowest BCUT2D eigenvalue weighted by atomic mass is 10.4. The number of carbonyl (C=O) groups excluding carboxylic acids is 7. The monoisotopic (exact) mass is 444 g/mol. The molecule has 0 saturated heterocycles. The van der Waals surface area contributed by atoms with Crippen LogP contribution >= 0.6 is 0 Å². The first kappa shape index (κ1) is 27.2. The molecule has 0 spiro atoms. The Morgan fingerprint density at radius 1 is 0.452 bits per heavy atom. The van der Waals surface area contributed by atoms with Crippen LogP contribution in [0.4, 0.5) is 0 Å². The fourth-order valence-corrected chi connectivity index (χ4v) is 1.72. The second-order valence-corrected chi connectivity index (χ2v) is 5.82. The summed E-state index contributed by atoms with van der Waals surface area (Å²) in [7, 11) is 0. The number of nitrogens with two attached hydrogens (primary N) is 1. The first-order chi connectivity index (χ1) is 14.7. The number of rotatable bonds is 14. The highest BCUT2D eigenvalue weighted by molar-refractivity contribution is 5.92. The summed E-state index contributed by atoms with van der Waals surface area (Å²) in [6.07, 6.45) is 0. The van der Waals surface area contributed by atoms with E-state index in [-0.39, 0.29) is 32.1 Å². The van der Waals surface area contributed by atoms with Crippen LogP contribution in [0, 0.1) is 0 Å². The van der Waals surface area contributed by atoms with E-state index in [1.165, 1.54) is 0 Å². The van der Waals surface area contributed by atoms with Gasteiger partial charge in [-0.2, -0.15) is 0 Å². The molecule has 0 atom stereocenters. The van der Waals surface area contributed by atoms with Crippen molar-refractivity contribution in [1.82, 2.24) is 37.2 Å². The normalized spacial score (nSPS) is 9.61. The zero-order chi connectivity index (χ0) is 23.6. The molecule has 0 rings (SSSR count). The molecule has 31 heavy (non-hydrogen) atoms. The zero-order valence-electron chi connectivity index (χ0n) is 17.1. The van der Waals surface area contributed by atoms with E-state index in [0.29, 0.717) is 6.54 Å². The Balaban J connectivity index is 3.87. The molecule has 0 aromatic carbocycles. The average Bonchev–Trinajstić information content (AvgIpc) is 2.75. The molecule has 0 aliphatic carbocycles. The first-order valence-electron chi connectivity index (χ1n) is 9.24. The summed E-state index contributed by atoms with van der Waals surface area (Å²) in [5, 5.41) is 15.9. The van der Waals surface area contributed by atoms with Crippen molar-refractivity contribution in [2.75, 3.05) is 52.4 Å². The largest absolute Gasteiger partial charge is 0.355 e. The molecule has 15 nitrogen and oxygen atoms in total. The maximum atomic E-state index is 11.6. The summed E-state index contributed by atoms with van der Waals surface area (Å²) < 4.78 is 0. The van der Waals surface area contributed by atoms with Gasteiger partial charge in [-0.05, 0) is 6.92 Å². The van der Waals surface area contributed by atoms with Gasteiger partial charge in [0.2, 0.25) is 41.4 Å². The van der Waals surface area contributed by atoms with Crippen LogP contribution in [-0.2, 0) is 33.6 Å². The van der Waals surface area contributed by atoms with Gasteiger partial charge in [-0.15, -0.1) is 0 Å². The van der Waals surface area contributed by atoms with Gasteiger partial charge >= 0.3 is 0 Å². The minimum Gasteiger partial charge on any atom is -0.355 e. The summed E-state index contributed by atoms with van der Waals surface area (Å²) in [5.74, 6) is -4.09. The van der Waals surface area contributed by atoms with Crippen LogP contribution in [-0.4, -0.2) is 93.7 Å². The molecule has 9 N–H and O–H groups in total. The van der Waals surface area contributed by atoms with E-state index in [4.69, 9.17) is 5.73 Å². The number of hydrogen-bond acceptors (Lipinski definition) is 8. The highest BCUT2D eigenvalue weighted by Crippen LogP contribution is 1.73. The highest BCUT2D eigenvalue weighted by Gasteiger charge is 2.11. The van der Waals surface area contributed by atoms with Crippen LogP contribution < -0.4 is 43.0 Å². The quantitative estimate of drug-likeness (QED) is 0.128. The first-order valence-corrected chi connectivity index (χ1v) is 9.24. The summed E-state index contributed by atoms with van der Waals surface area (Å²) in [6, 6.07) is 0.